The van der Waals surface area contributed by atoms with Gasteiger partial charge in [-0.15, -0.1) is 11.3 Å². The minimum atomic E-state index is -0.796. The molecule has 2 aromatic rings. The summed E-state index contributed by atoms with van der Waals surface area (Å²) in [6.45, 7) is 5.72. The van der Waals surface area contributed by atoms with Crippen LogP contribution in [0.1, 0.15) is 26.5 Å². The Hall–Kier alpha value is -1.10. The van der Waals surface area contributed by atoms with Gasteiger partial charge in [0.25, 0.3) is 0 Å². The number of hydrogen-bond donors (Lipinski definition) is 0. The highest BCUT2D eigenvalue weighted by atomic mass is 35.5. The number of rotatable bonds is 4. The molecule has 112 valence electrons. The van der Waals surface area contributed by atoms with Gasteiger partial charge >= 0.3 is 5.97 Å². The summed E-state index contributed by atoms with van der Waals surface area (Å²) in [5.74, 6) is -0.293. The lowest BCUT2D eigenvalue weighted by Crippen LogP contribution is -2.31. The van der Waals surface area contributed by atoms with E-state index in [1.54, 1.807) is 39.0 Å². The van der Waals surface area contributed by atoms with Crippen molar-refractivity contribution in [1.82, 2.24) is 4.98 Å². The van der Waals surface area contributed by atoms with Crippen molar-refractivity contribution in [1.29, 1.82) is 0 Å². The van der Waals surface area contributed by atoms with Crippen molar-refractivity contribution in [3.63, 3.8) is 0 Å². The SMILES string of the molecule is CCOC(=O)C(C)(C)c1csc(-c2cc(Cl)ccc2Cl)n1. The van der Waals surface area contributed by atoms with Gasteiger partial charge in [-0.3, -0.25) is 4.79 Å². The fourth-order valence-electron chi connectivity index (χ4n) is 1.76. The summed E-state index contributed by atoms with van der Waals surface area (Å²) in [6.07, 6.45) is 0. The van der Waals surface area contributed by atoms with E-state index in [1.807, 2.05) is 5.38 Å². The summed E-state index contributed by atoms with van der Waals surface area (Å²) in [5.41, 5.74) is 0.632. The second-order valence-electron chi connectivity index (χ2n) is 5.01. The van der Waals surface area contributed by atoms with Crippen LogP contribution in [0.4, 0.5) is 0 Å². The normalized spacial score (nSPS) is 11.5. The molecule has 0 aliphatic rings. The molecule has 1 aromatic carbocycles. The first-order chi connectivity index (χ1) is 9.86. The van der Waals surface area contributed by atoms with Gasteiger partial charge in [-0.05, 0) is 39.0 Å². The number of aromatic nitrogens is 1. The number of halogens is 2. The van der Waals surface area contributed by atoms with Crippen molar-refractivity contribution in [3.05, 3.63) is 39.3 Å². The van der Waals surface area contributed by atoms with Gasteiger partial charge in [0.2, 0.25) is 0 Å². The fraction of sp³-hybridized carbons (Fsp3) is 0.333. The molecule has 0 spiro atoms. The van der Waals surface area contributed by atoms with Gasteiger partial charge in [0.1, 0.15) is 10.4 Å². The van der Waals surface area contributed by atoms with Crippen LogP contribution in [0.25, 0.3) is 10.6 Å². The Morgan fingerprint density at radius 1 is 1.38 bits per heavy atom. The van der Waals surface area contributed by atoms with Gasteiger partial charge in [0.15, 0.2) is 0 Å². The minimum absolute atomic E-state index is 0.293. The molecule has 0 N–H and O–H groups in total. The maximum absolute atomic E-state index is 12.0. The second kappa shape index (κ2) is 6.34. The van der Waals surface area contributed by atoms with Crippen molar-refractivity contribution in [3.8, 4) is 10.6 Å². The summed E-state index contributed by atoms with van der Waals surface area (Å²) < 4.78 is 5.10. The van der Waals surface area contributed by atoms with Crippen LogP contribution in [0.3, 0.4) is 0 Å². The summed E-state index contributed by atoms with van der Waals surface area (Å²) in [4.78, 5) is 16.6. The van der Waals surface area contributed by atoms with E-state index in [0.717, 1.165) is 10.6 Å². The highest BCUT2D eigenvalue weighted by Gasteiger charge is 2.34. The molecule has 1 heterocycles. The number of carbonyl (C=O) groups excluding carboxylic acids is 1. The molecule has 0 atom stereocenters. The third kappa shape index (κ3) is 3.39. The third-order valence-electron chi connectivity index (χ3n) is 3.09. The molecule has 0 saturated carbocycles. The maximum Gasteiger partial charge on any atom is 0.317 e. The lowest BCUT2D eigenvalue weighted by atomic mass is 9.90. The van der Waals surface area contributed by atoms with E-state index in [-0.39, 0.29) is 5.97 Å². The zero-order valence-corrected chi connectivity index (χ0v) is 14.3. The summed E-state index contributed by atoms with van der Waals surface area (Å²) in [7, 11) is 0. The van der Waals surface area contributed by atoms with E-state index in [0.29, 0.717) is 22.3 Å². The topological polar surface area (TPSA) is 39.2 Å². The van der Waals surface area contributed by atoms with E-state index < -0.39 is 5.41 Å². The molecule has 0 amide bonds. The Labute approximate surface area is 137 Å². The molecule has 0 radical (unpaired) electrons. The first-order valence-corrected chi connectivity index (χ1v) is 8.08. The molecule has 21 heavy (non-hydrogen) atoms. The number of ether oxygens (including phenoxy) is 1. The summed E-state index contributed by atoms with van der Waals surface area (Å²) in [6, 6.07) is 5.23. The molecule has 0 aliphatic carbocycles. The molecular weight excluding hydrogens is 329 g/mol. The van der Waals surface area contributed by atoms with Crippen molar-refractivity contribution in [2.24, 2.45) is 0 Å². The molecule has 0 fully saturated rings. The Morgan fingerprint density at radius 2 is 2.10 bits per heavy atom. The van der Waals surface area contributed by atoms with Gasteiger partial charge in [-0.1, -0.05) is 23.2 Å². The Morgan fingerprint density at radius 3 is 2.76 bits per heavy atom. The minimum Gasteiger partial charge on any atom is -0.465 e. The third-order valence-corrected chi connectivity index (χ3v) is 4.53. The molecule has 1 aromatic heterocycles. The summed E-state index contributed by atoms with van der Waals surface area (Å²) in [5, 5.41) is 3.75. The van der Waals surface area contributed by atoms with Crippen molar-refractivity contribution in [2.45, 2.75) is 26.2 Å². The van der Waals surface area contributed by atoms with E-state index >= 15 is 0 Å². The Kier molecular flexibility index (Phi) is 4.91. The van der Waals surface area contributed by atoms with Gasteiger partial charge in [-0.25, -0.2) is 4.98 Å². The van der Waals surface area contributed by atoms with Crippen molar-refractivity contribution in [2.75, 3.05) is 6.61 Å². The van der Waals surface area contributed by atoms with Crippen LogP contribution in [-0.2, 0) is 14.9 Å². The fourth-order valence-corrected chi connectivity index (χ4v) is 3.21. The number of benzene rings is 1. The van der Waals surface area contributed by atoms with Crippen LogP contribution in [-0.4, -0.2) is 17.6 Å². The average Bonchev–Trinajstić information content (AvgIpc) is 2.92. The molecule has 0 aliphatic heterocycles. The quantitative estimate of drug-likeness (QED) is 0.736. The number of esters is 1. The number of nitrogens with zero attached hydrogens (tertiary/aromatic N) is 1. The molecular formula is C15H15Cl2NO2S. The van der Waals surface area contributed by atoms with E-state index in [2.05, 4.69) is 4.98 Å². The predicted molar refractivity (Wildman–Crippen MR) is 87.2 cm³/mol. The smallest absolute Gasteiger partial charge is 0.317 e. The van der Waals surface area contributed by atoms with Crippen LogP contribution >= 0.6 is 34.5 Å². The van der Waals surface area contributed by atoms with Crippen LogP contribution in [0, 0.1) is 0 Å². The number of hydrogen-bond acceptors (Lipinski definition) is 4. The van der Waals surface area contributed by atoms with Crippen LogP contribution in [0.5, 0.6) is 0 Å². The van der Waals surface area contributed by atoms with Gasteiger partial charge in [0, 0.05) is 16.0 Å². The first-order valence-electron chi connectivity index (χ1n) is 6.45. The molecule has 3 nitrogen and oxygen atoms in total. The Balaban J connectivity index is 2.38. The highest BCUT2D eigenvalue weighted by molar-refractivity contribution is 7.13. The summed E-state index contributed by atoms with van der Waals surface area (Å²) >= 11 is 13.6. The standard InChI is InChI=1S/C15H15Cl2NO2S/c1-4-20-14(19)15(2,3)12-8-21-13(18-12)10-7-9(16)5-6-11(10)17/h5-8H,4H2,1-3H3. The zero-order chi connectivity index (χ0) is 15.6. The highest BCUT2D eigenvalue weighted by Crippen LogP contribution is 2.35. The van der Waals surface area contributed by atoms with E-state index in [9.17, 15) is 4.79 Å². The second-order valence-corrected chi connectivity index (χ2v) is 6.71. The lowest BCUT2D eigenvalue weighted by Gasteiger charge is -2.19. The number of thiazole rings is 1. The van der Waals surface area contributed by atoms with Gasteiger partial charge in [-0.2, -0.15) is 0 Å². The van der Waals surface area contributed by atoms with Crippen LogP contribution in [0.2, 0.25) is 10.0 Å². The van der Waals surface area contributed by atoms with Crippen molar-refractivity contribution < 1.29 is 9.53 Å². The maximum atomic E-state index is 12.0. The monoisotopic (exact) mass is 343 g/mol. The van der Waals surface area contributed by atoms with E-state index in [4.69, 9.17) is 27.9 Å². The predicted octanol–water partition coefficient (Wildman–Crippen LogP) is 4.96. The number of carbonyl (C=O) groups is 1. The molecule has 6 heteroatoms. The zero-order valence-electron chi connectivity index (χ0n) is 11.9. The van der Waals surface area contributed by atoms with Crippen molar-refractivity contribution >= 4 is 40.5 Å². The molecule has 2 rings (SSSR count). The molecule has 0 bridgehead atoms. The van der Waals surface area contributed by atoms with Crippen LogP contribution < -0.4 is 0 Å². The van der Waals surface area contributed by atoms with E-state index in [1.165, 1.54) is 11.3 Å². The first kappa shape index (κ1) is 16.3. The lowest BCUT2D eigenvalue weighted by molar-refractivity contribution is -0.148. The van der Waals surface area contributed by atoms with Gasteiger partial charge in [0.05, 0.1) is 17.3 Å². The van der Waals surface area contributed by atoms with Crippen LogP contribution in [0.15, 0.2) is 23.6 Å². The van der Waals surface area contributed by atoms with Gasteiger partial charge < -0.3 is 4.74 Å². The molecule has 0 saturated heterocycles. The average molecular weight is 344 g/mol. The molecule has 0 unspecified atom stereocenters. The largest absolute Gasteiger partial charge is 0.465 e. The Bertz CT molecular complexity index is 667.